The lowest BCUT2D eigenvalue weighted by Crippen LogP contribution is -2.28. The van der Waals surface area contributed by atoms with Gasteiger partial charge in [0.25, 0.3) is 0 Å². The Kier molecular flexibility index (Phi) is 5.45. The number of ether oxygens (including phenoxy) is 1. The van der Waals surface area contributed by atoms with E-state index in [0.29, 0.717) is 11.4 Å². The minimum absolute atomic E-state index is 0.198. The number of benzene rings is 2. The molecule has 118 valence electrons. The molecule has 0 aromatic heterocycles. The molecule has 1 atom stereocenters. The monoisotopic (exact) mass is 339 g/mol. The molecule has 0 aliphatic heterocycles. The van der Waals surface area contributed by atoms with Crippen LogP contribution in [-0.4, -0.2) is 15.5 Å². The highest BCUT2D eigenvalue weighted by molar-refractivity contribution is 7.89. The molecular formula is C16H18ClNO3S. The highest BCUT2D eigenvalue weighted by Crippen LogP contribution is 2.23. The molecule has 0 aliphatic carbocycles. The SMILES string of the molecule is CC[C@@H](NS(=O)(=O)c1ccc(Cl)cc1)c1ccc(OC)cc1. The molecule has 0 unspecified atom stereocenters. The van der Waals surface area contributed by atoms with Crippen LogP contribution >= 0.6 is 11.6 Å². The van der Waals surface area contributed by atoms with Crippen LogP contribution in [0, 0.1) is 0 Å². The first-order chi connectivity index (χ1) is 10.5. The molecule has 0 fully saturated rings. The number of halogens is 1. The molecule has 0 bridgehead atoms. The Labute approximate surface area is 136 Å². The van der Waals surface area contributed by atoms with Gasteiger partial charge in [0.15, 0.2) is 0 Å². The average molecular weight is 340 g/mol. The predicted octanol–water partition coefficient (Wildman–Crippen LogP) is 3.78. The van der Waals surface area contributed by atoms with Gasteiger partial charge in [-0.1, -0.05) is 30.7 Å². The van der Waals surface area contributed by atoms with E-state index in [1.165, 1.54) is 12.1 Å². The summed E-state index contributed by atoms with van der Waals surface area (Å²) in [7, 11) is -2.00. The molecule has 2 aromatic rings. The van der Waals surface area contributed by atoms with E-state index in [4.69, 9.17) is 16.3 Å². The fourth-order valence-electron chi connectivity index (χ4n) is 2.09. The lowest BCUT2D eigenvalue weighted by molar-refractivity contribution is 0.414. The van der Waals surface area contributed by atoms with Crippen LogP contribution in [0.5, 0.6) is 5.75 Å². The highest BCUT2D eigenvalue weighted by Gasteiger charge is 2.20. The topological polar surface area (TPSA) is 55.4 Å². The van der Waals surface area contributed by atoms with Crippen LogP contribution < -0.4 is 9.46 Å². The summed E-state index contributed by atoms with van der Waals surface area (Å²) in [5.74, 6) is 0.735. The van der Waals surface area contributed by atoms with Crippen molar-refractivity contribution in [3.05, 3.63) is 59.1 Å². The molecular weight excluding hydrogens is 322 g/mol. The Morgan fingerprint density at radius 2 is 1.68 bits per heavy atom. The Bertz CT molecular complexity index is 712. The van der Waals surface area contributed by atoms with Gasteiger partial charge in [0, 0.05) is 11.1 Å². The number of methoxy groups -OCH3 is 1. The van der Waals surface area contributed by atoms with Crippen LogP contribution in [0.4, 0.5) is 0 Å². The molecule has 0 spiro atoms. The van der Waals surface area contributed by atoms with Gasteiger partial charge in [-0.25, -0.2) is 13.1 Å². The second-order valence-electron chi connectivity index (χ2n) is 4.81. The van der Waals surface area contributed by atoms with Crippen molar-refractivity contribution >= 4 is 21.6 Å². The van der Waals surface area contributed by atoms with Crippen LogP contribution in [0.2, 0.25) is 5.02 Å². The smallest absolute Gasteiger partial charge is 0.241 e. The first kappa shape index (κ1) is 16.8. The second-order valence-corrected chi connectivity index (χ2v) is 6.96. The lowest BCUT2D eigenvalue weighted by Gasteiger charge is -2.18. The zero-order chi connectivity index (χ0) is 16.2. The quantitative estimate of drug-likeness (QED) is 0.871. The summed E-state index contributed by atoms with van der Waals surface area (Å²) >= 11 is 5.79. The molecule has 1 N–H and O–H groups in total. The molecule has 0 aliphatic rings. The summed E-state index contributed by atoms with van der Waals surface area (Å²) in [6.45, 7) is 1.93. The largest absolute Gasteiger partial charge is 0.497 e. The predicted molar refractivity (Wildman–Crippen MR) is 87.8 cm³/mol. The number of hydrogen-bond acceptors (Lipinski definition) is 3. The van der Waals surface area contributed by atoms with Gasteiger partial charge in [-0.05, 0) is 48.4 Å². The summed E-state index contributed by atoms with van der Waals surface area (Å²) in [6.07, 6.45) is 0.638. The third-order valence-electron chi connectivity index (χ3n) is 3.35. The Balaban J connectivity index is 2.22. The summed E-state index contributed by atoms with van der Waals surface area (Å²) < 4.78 is 32.7. The normalized spacial score (nSPS) is 12.9. The van der Waals surface area contributed by atoms with E-state index >= 15 is 0 Å². The van der Waals surface area contributed by atoms with Gasteiger partial charge < -0.3 is 4.74 Å². The molecule has 6 heteroatoms. The van der Waals surface area contributed by atoms with Crippen molar-refractivity contribution in [3.8, 4) is 5.75 Å². The number of nitrogens with one attached hydrogen (secondary N) is 1. The summed E-state index contributed by atoms with van der Waals surface area (Å²) in [4.78, 5) is 0.198. The van der Waals surface area contributed by atoms with Crippen molar-refractivity contribution in [2.45, 2.75) is 24.3 Å². The van der Waals surface area contributed by atoms with Crippen LogP contribution in [0.1, 0.15) is 24.9 Å². The van der Waals surface area contributed by atoms with Crippen molar-refractivity contribution in [1.82, 2.24) is 4.72 Å². The Hall–Kier alpha value is -1.56. The van der Waals surface area contributed by atoms with Gasteiger partial charge in [-0.3, -0.25) is 0 Å². The van der Waals surface area contributed by atoms with E-state index in [1.807, 2.05) is 31.2 Å². The minimum Gasteiger partial charge on any atom is -0.497 e. The number of sulfonamides is 1. The van der Waals surface area contributed by atoms with E-state index in [0.717, 1.165) is 11.3 Å². The molecule has 0 amide bonds. The number of hydrogen-bond donors (Lipinski definition) is 1. The van der Waals surface area contributed by atoms with Crippen LogP contribution in [0.25, 0.3) is 0 Å². The fourth-order valence-corrected chi connectivity index (χ4v) is 3.53. The lowest BCUT2D eigenvalue weighted by atomic mass is 10.1. The van der Waals surface area contributed by atoms with E-state index in [1.54, 1.807) is 19.2 Å². The molecule has 0 saturated carbocycles. The Morgan fingerprint density at radius 1 is 1.09 bits per heavy atom. The van der Waals surface area contributed by atoms with E-state index in [9.17, 15) is 8.42 Å². The van der Waals surface area contributed by atoms with Crippen LogP contribution in [0.15, 0.2) is 53.4 Å². The zero-order valence-electron chi connectivity index (χ0n) is 12.4. The van der Waals surface area contributed by atoms with Gasteiger partial charge in [0.1, 0.15) is 5.75 Å². The second kappa shape index (κ2) is 7.13. The van der Waals surface area contributed by atoms with Crippen molar-refractivity contribution in [1.29, 1.82) is 0 Å². The first-order valence-corrected chi connectivity index (χ1v) is 8.74. The summed E-state index contributed by atoms with van der Waals surface area (Å²) in [5, 5.41) is 0.501. The maximum atomic E-state index is 12.4. The van der Waals surface area contributed by atoms with Gasteiger partial charge >= 0.3 is 0 Å². The molecule has 4 nitrogen and oxygen atoms in total. The molecule has 22 heavy (non-hydrogen) atoms. The molecule has 0 heterocycles. The van der Waals surface area contributed by atoms with Crippen LogP contribution in [-0.2, 0) is 10.0 Å². The van der Waals surface area contributed by atoms with Crippen molar-refractivity contribution in [2.75, 3.05) is 7.11 Å². The molecule has 2 aromatic carbocycles. The third-order valence-corrected chi connectivity index (χ3v) is 5.09. The van der Waals surface area contributed by atoms with Crippen molar-refractivity contribution < 1.29 is 13.2 Å². The van der Waals surface area contributed by atoms with Crippen molar-refractivity contribution in [3.63, 3.8) is 0 Å². The van der Waals surface area contributed by atoms with Gasteiger partial charge in [-0.2, -0.15) is 0 Å². The van der Waals surface area contributed by atoms with Gasteiger partial charge in [0.2, 0.25) is 10.0 Å². The van der Waals surface area contributed by atoms with Gasteiger partial charge in [-0.15, -0.1) is 0 Å². The third kappa shape index (κ3) is 4.00. The van der Waals surface area contributed by atoms with Gasteiger partial charge in [0.05, 0.1) is 12.0 Å². The molecule has 2 rings (SSSR count). The van der Waals surface area contributed by atoms with Crippen LogP contribution in [0.3, 0.4) is 0 Å². The first-order valence-electron chi connectivity index (χ1n) is 6.88. The molecule has 0 saturated heterocycles. The highest BCUT2D eigenvalue weighted by atomic mass is 35.5. The fraction of sp³-hybridized carbons (Fsp3) is 0.250. The van der Waals surface area contributed by atoms with E-state index < -0.39 is 10.0 Å². The molecule has 0 radical (unpaired) electrons. The Morgan fingerprint density at radius 3 is 2.18 bits per heavy atom. The summed E-state index contributed by atoms with van der Waals surface area (Å²) in [6, 6.07) is 13.1. The maximum absolute atomic E-state index is 12.4. The number of rotatable bonds is 6. The standard InChI is InChI=1S/C16H18ClNO3S/c1-3-16(12-4-8-14(21-2)9-5-12)18-22(19,20)15-10-6-13(17)7-11-15/h4-11,16,18H,3H2,1-2H3/t16-/m1/s1. The van der Waals surface area contributed by atoms with Crippen molar-refractivity contribution in [2.24, 2.45) is 0 Å². The zero-order valence-corrected chi connectivity index (χ0v) is 14.0. The van der Waals surface area contributed by atoms with E-state index in [-0.39, 0.29) is 10.9 Å². The average Bonchev–Trinajstić information content (AvgIpc) is 2.53. The maximum Gasteiger partial charge on any atom is 0.241 e. The van der Waals surface area contributed by atoms with E-state index in [2.05, 4.69) is 4.72 Å². The minimum atomic E-state index is -3.59. The summed E-state index contributed by atoms with van der Waals surface area (Å²) in [5.41, 5.74) is 0.890.